The van der Waals surface area contributed by atoms with Gasteiger partial charge in [0.1, 0.15) is 5.70 Å². The minimum Gasteiger partial charge on any atom is -0.389 e. The number of allylic oxidation sites excluding steroid dienone is 2. The molecule has 1 saturated carbocycles. The molecule has 11 heteroatoms. The molecule has 1 unspecified atom stereocenters. The highest BCUT2D eigenvalue weighted by Crippen LogP contribution is 2.34. The number of nitrogens with zero attached hydrogens (tertiary/aromatic N) is 3. The van der Waals surface area contributed by atoms with E-state index in [1.54, 1.807) is 6.08 Å². The molecule has 0 aromatic carbocycles. The van der Waals surface area contributed by atoms with Crippen molar-refractivity contribution in [2.45, 2.75) is 69.2 Å². The van der Waals surface area contributed by atoms with Gasteiger partial charge in [-0.15, -0.1) is 0 Å². The van der Waals surface area contributed by atoms with E-state index in [0.29, 0.717) is 24.8 Å². The summed E-state index contributed by atoms with van der Waals surface area (Å²) in [4.78, 5) is 12.2. The summed E-state index contributed by atoms with van der Waals surface area (Å²) in [7, 11) is 0. The Balaban J connectivity index is 1.85. The molecule has 1 heterocycles. The van der Waals surface area contributed by atoms with E-state index >= 15 is 0 Å². The zero-order valence-electron chi connectivity index (χ0n) is 15.6. The lowest BCUT2D eigenvalue weighted by atomic mass is 9.92. The van der Waals surface area contributed by atoms with E-state index in [9.17, 15) is 27.1 Å². The number of halogens is 5. The van der Waals surface area contributed by atoms with Crippen molar-refractivity contribution >= 4 is 17.5 Å². The predicted octanol–water partition coefficient (Wildman–Crippen LogP) is 4.28. The van der Waals surface area contributed by atoms with Crippen LogP contribution in [0.2, 0.25) is 0 Å². The number of anilines is 2. The molecule has 1 fully saturated rings. The number of rotatable bonds is 5. The van der Waals surface area contributed by atoms with Gasteiger partial charge in [0.25, 0.3) is 0 Å². The summed E-state index contributed by atoms with van der Waals surface area (Å²) < 4.78 is 65.2. The van der Waals surface area contributed by atoms with Crippen LogP contribution >= 0.6 is 0 Å². The van der Waals surface area contributed by atoms with Crippen LogP contribution in [0, 0.1) is 0 Å². The summed E-state index contributed by atoms with van der Waals surface area (Å²) >= 11 is 0. The Hall–Kier alpha value is -2.30. The second-order valence-electron chi connectivity index (χ2n) is 7.33. The fourth-order valence-corrected chi connectivity index (χ4v) is 3.30. The van der Waals surface area contributed by atoms with E-state index in [1.165, 1.54) is 0 Å². The molecule has 2 aliphatic rings. The summed E-state index contributed by atoms with van der Waals surface area (Å²) in [6.07, 6.45) is -2.19. The Kier molecular flexibility index (Phi) is 6.06. The monoisotopic (exact) mass is 419 g/mol. The lowest BCUT2D eigenvalue weighted by Crippen LogP contribution is -2.32. The highest BCUT2D eigenvalue weighted by atomic mass is 19.4. The summed E-state index contributed by atoms with van der Waals surface area (Å²) in [5.74, 6) is -2.95. The van der Waals surface area contributed by atoms with Gasteiger partial charge in [0.05, 0.1) is 6.10 Å². The molecule has 29 heavy (non-hydrogen) atoms. The van der Waals surface area contributed by atoms with Gasteiger partial charge in [-0.1, -0.05) is 6.58 Å². The van der Waals surface area contributed by atoms with Gasteiger partial charge in [-0.25, -0.2) is 8.78 Å². The van der Waals surface area contributed by atoms with Gasteiger partial charge < -0.3 is 15.7 Å². The molecule has 0 bridgehead atoms. The number of aromatic nitrogens is 3. The number of alkyl halides is 5. The number of aliphatic hydroxyl groups is 1. The largest absolute Gasteiger partial charge is 0.430 e. The molecule has 6 nitrogen and oxygen atoms in total. The molecule has 1 aromatic heterocycles. The number of hydrogen-bond donors (Lipinski definition) is 3. The fraction of sp³-hybridized carbons (Fsp3) is 0.611. The normalized spacial score (nSPS) is 22.7. The van der Waals surface area contributed by atoms with Crippen molar-refractivity contribution in [2.24, 2.45) is 0 Å². The first-order chi connectivity index (χ1) is 13.5. The van der Waals surface area contributed by atoms with Crippen molar-refractivity contribution in [3.8, 4) is 0 Å². The van der Waals surface area contributed by atoms with Gasteiger partial charge in [-0.3, -0.25) is 0 Å². The van der Waals surface area contributed by atoms with E-state index in [0.717, 1.165) is 0 Å². The van der Waals surface area contributed by atoms with Crippen LogP contribution in [0.15, 0.2) is 18.4 Å². The van der Waals surface area contributed by atoms with Gasteiger partial charge in [0.2, 0.25) is 17.8 Å². The zero-order chi connectivity index (χ0) is 21.2. The summed E-state index contributed by atoms with van der Waals surface area (Å²) in [5, 5.41) is 14.8. The standard InChI is InChI=1S/C18H22F5N5O/c1-10(18(21,22)23)24-15-26-14(11-3-2-4-13(29)9-11)27-16(28-15)25-12-5-7-17(19,20)8-6-12/h9,12-13,29H,1-8H2,(H2,24,25,26,27,28). The Labute approximate surface area is 164 Å². The summed E-state index contributed by atoms with van der Waals surface area (Å²) in [6, 6.07) is -0.325. The summed E-state index contributed by atoms with van der Waals surface area (Å²) in [6.45, 7) is 2.94. The molecule has 160 valence electrons. The van der Waals surface area contributed by atoms with Crippen LogP contribution in [0.25, 0.3) is 5.57 Å². The first-order valence-electron chi connectivity index (χ1n) is 9.34. The number of hydrogen-bond acceptors (Lipinski definition) is 6. The first kappa shape index (κ1) is 21.4. The fourth-order valence-electron chi connectivity index (χ4n) is 3.30. The second kappa shape index (κ2) is 8.21. The lowest BCUT2D eigenvalue weighted by molar-refractivity contribution is -0.0899. The SMILES string of the molecule is C=C(Nc1nc(NC2CCC(F)(F)CC2)nc(C2=CC(O)CCC2)n1)C(F)(F)F. The van der Waals surface area contributed by atoms with Crippen molar-refractivity contribution in [3.05, 3.63) is 24.2 Å². The smallest absolute Gasteiger partial charge is 0.389 e. The number of aliphatic hydroxyl groups excluding tert-OH is 1. The third-order valence-corrected chi connectivity index (χ3v) is 4.92. The van der Waals surface area contributed by atoms with Crippen LogP contribution in [-0.4, -0.2) is 44.3 Å². The topological polar surface area (TPSA) is 83.0 Å². The van der Waals surface area contributed by atoms with E-state index < -0.39 is 23.9 Å². The van der Waals surface area contributed by atoms with Crippen molar-refractivity contribution in [3.63, 3.8) is 0 Å². The molecular weight excluding hydrogens is 397 g/mol. The average Bonchev–Trinajstić information content (AvgIpc) is 2.62. The van der Waals surface area contributed by atoms with Crippen molar-refractivity contribution in [1.29, 1.82) is 0 Å². The molecule has 1 atom stereocenters. The van der Waals surface area contributed by atoms with Gasteiger partial charge >= 0.3 is 6.18 Å². The van der Waals surface area contributed by atoms with Crippen molar-refractivity contribution in [2.75, 3.05) is 10.6 Å². The van der Waals surface area contributed by atoms with Crippen molar-refractivity contribution in [1.82, 2.24) is 15.0 Å². The van der Waals surface area contributed by atoms with Crippen LogP contribution in [-0.2, 0) is 0 Å². The van der Waals surface area contributed by atoms with E-state index in [2.05, 4.69) is 26.8 Å². The second-order valence-corrected chi connectivity index (χ2v) is 7.33. The summed E-state index contributed by atoms with van der Waals surface area (Å²) in [5.41, 5.74) is -0.652. The van der Waals surface area contributed by atoms with E-state index in [-0.39, 0.29) is 49.4 Å². The zero-order valence-corrected chi connectivity index (χ0v) is 15.6. The Bertz CT molecular complexity index is 785. The first-order valence-corrected chi connectivity index (χ1v) is 9.34. The maximum Gasteiger partial charge on any atom is 0.430 e. The van der Waals surface area contributed by atoms with Crippen LogP contribution in [0.3, 0.4) is 0 Å². The van der Waals surface area contributed by atoms with Crippen LogP contribution in [0.5, 0.6) is 0 Å². The molecule has 1 aromatic rings. The molecular formula is C18H22F5N5O. The molecule has 0 radical (unpaired) electrons. The van der Waals surface area contributed by atoms with E-state index in [4.69, 9.17) is 0 Å². The Morgan fingerprint density at radius 2 is 1.76 bits per heavy atom. The minimum atomic E-state index is -4.68. The molecule has 2 aliphatic carbocycles. The molecule has 0 aliphatic heterocycles. The molecule has 0 amide bonds. The van der Waals surface area contributed by atoms with Crippen molar-refractivity contribution < 1.29 is 27.1 Å². The third-order valence-electron chi connectivity index (χ3n) is 4.92. The molecule has 3 N–H and O–H groups in total. The molecule has 0 spiro atoms. The maximum atomic E-state index is 13.4. The Morgan fingerprint density at radius 1 is 1.10 bits per heavy atom. The highest BCUT2D eigenvalue weighted by molar-refractivity contribution is 5.63. The Morgan fingerprint density at radius 3 is 2.38 bits per heavy atom. The highest BCUT2D eigenvalue weighted by Gasteiger charge is 2.35. The number of nitrogens with one attached hydrogen (secondary N) is 2. The lowest BCUT2D eigenvalue weighted by Gasteiger charge is -2.29. The average molecular weight is 419 g/mol. The van der Waals surface area contributed by atoms with Gasteiger partial charge in [-0.2, -0.15) is 28.1 Å². The maximum absolute atomic E-state index is 13.4. The molecule has 0 saturated heterocycles. The quantitative estimate of drug-likeness (QED) is 0.618. The predicted molar refractivity (Wildman–Crippen MR) is 97.3 cm³/mol. The van der Waals surface area contributed by atoms with Crippen LogP contribution in [0.4, 0.5) is 33.8 Å². The minimum absolute atomic E-state index is 0.0105. The van der Waals surface area contributed by atoms with Gasteiger partial charge in [0, 0.05) is 18.9 Å². The third kappa shape index (κ3) is 5.84. The van der Waals surface area contributed by atoms with Crippen LogP contribution in [0.1, 0.15) is 50.8 Å². The van der Waals surface area contributed by atoms with E-state index in [1.807, 2.05) is 5.32 Å². The van der Waals surface area contributed by atoms with Crippen LogP contribution < -0.4 is 10.6 Å². The molecule has 3 rings (SSSR count). The van der Waals surface area contributed by atoms with Gasteiger partial charge in [0.15, 0.2) is 5.82 Å². The van der Waals surface area contributed by atoms with Gasteiger partial charge in [-0.05, 0) is 43.8 Å².